The van der Waals surface area contributed by atoms with Crippen LogP contribution in [0.1, 0.15) is 22.5 Å². The normalized spacial score (nSPS) is 21.9. The Morgan fingerprint density at radius 1 is 1.69 bits per heavy atom. The van der Waals surface area contributed by atoms with Crippen LogP contribution in [0.5, 0.6) is 0 Å². The summed E-state index contributed by atoms with van der Waals surface area (Å²) in [5, 5.41) is 1.89. The van der Waals surface area contributed by atoms with E-state index in [1.54, 1.807) is 6.07 Å². The van der Waals surface area contributed by atoms with Crippen molar-refractivity contribution in [1.29, 1.82) is 0 Å². The van der Waals surface area contributed by atoms with Crippen molar-refractivity contribution >= 4 is 17.3 Å². The molecule has 2 rings (SSSR count). The predicted molar refractivity (Wildman–Crippen MR) is 64.8 cm³/mol. The molecule has 0 spiro atoms. The summed E-state index contributed by atoms with van der Waals surface area (Å²) in [5.41, 5.74) is 0. The molecule has 1 aromatic rings. The number of ether oxygens (including phenoxy) is 1. The molecule has 0 aromatic carbocycles. The third kappa shape index (κ3) is 3.06. The van der Waals surface area contributed by atoms with Crippen molar-refractivity contribution < 1.29 is 9.53 Å². The number of thiophene rings is 1. The summed E-state index contributed by atoms with van der Waals surface area (Å²) in [6, 6.07) is 3.68. The minimum atomic E-state index is -0.178. The minimum absolute atomic E-state index is 0.178. The lowest BCUT2D eigenvalue weighted by Crippen LogP contribution is -2.34. The van der Waals surface area contributed by atoms with Crippen molar-refractivity contribution in [2.75, 3.05) is 26.7 Å². The standard InChI is InChI=1S/C12H17NO2S/c1-13-6-2-4-10(8-13)9-15-12(14)11-5-3-7-16-11/h3,5,7,10H,2,4,6,8-9H2,1H3. The highest BCUT2D eigenvalue weighted by Gasteiger charge is 2.19. The van der Waals surface area contributed by atoms with Crippen molar-refractivity contribution in [2.24, 2.45) is 5.92 Å². The second-order valence-corrected chi connectivity index (χ2v) is 5.29. The van der Waals surface area contributed by atoms with Crippen LogP contribution in [0.15, 0.2) is 17.5 Å². The van der Waals surface area contributed by atoms with Gasteiger partial charge in [0.1, 0.15) is 4.88 Å². The lowest BCUT2D eigenvalue weighted by Gasteiger charge is -2.29. The molecule has 0 saturated carbocycles. The van der Waals surface area contributed by atoms with Gasteiger partial charge in [-0.2, -0.15) is 0 Å². The summed E-state index contributed by atoms with van der Waals surface area (Å²) < 4.78 is 5.32. The largest absolute Gasteiger partial charge is 0.461 e. The van der Waals surface area contributed by atoms with Gasteiger partial charge in [0, 0.05) is 12.5 Å². The third-order valence-electron chi connectivity index (χ3n) is 2.89. The Kier molecular flexibility index (Phi) is 3.96. The molecule has 1 fully saturated rings. The summed E-state index contributed by atoms with van der Waals surface area (Å²) in [6.45, 7) is 2.76. The number of esters is 1. The molecule has 3 nitrogen and oxygen atoms in total. The fraction of sp³-hybridized carbons (Fsp3) is 0.583. The van der Waals surface area contributed by atoms with Gasteiger partial charge in [-0.15, -0.1) is 11.3 Å². The van der Waals surface area contributed by atoms with E-state index in [1.807, 2.05) is 11.4 Å². The maximum atomic E-state index is 11.6. The molecule has 16 heavy (non-hydrogen) atoms. The van der Waals surface area contributed by atoms with E-state index in [9.17, 15) is 4.79 Å². The minimum Gasteiger partial charge on any atom is -0.461 e. The monoisotopic (exact) mass is 239 g/mol. The Labute approximate surface area is 100 Å². The van der Waals surface area contributed by atoms with Gasteiger partial charge in [0.2, 0.25) is 0 Å². The van der Waals surface area contributed by atoms with Gasteiger partial charge in [0.25, 0.3) is 0 Å². The molecule has 0 bridgehead atoms. The van der Waals surface area contributed by atoms with Gasteiger partial charge in [-0.25, -0.2) is 4.79 Å². The first-order valence-corrected chi connectivity index (χ1v) is 6.53. The van der Waals surface area contributed by atoms with E-state index < -0.39 is 0 Å². The van der Waals surface area contributed by atoms with Crippen LogP contribution < -0.4 is 0 Å². The van der Waals surface area contributed by atoms with E-state index in [1.165, 1.54) is 24.2 Å². The Morgan fingerprint density at radius 3 is 3.25 bits per heavy atom. The summed E-state index contributed by atoms with van der Waals surface area (Å²) >= 11 is 1.43. The molecule has 0 N–H and O–H groups in total. The number of likely N-dealkylation sites (tertiary alicyclic amines) is 1. The van der Waals surface area contributed by atoms with Gasteiger partial charge < -0.3 is 9.64 Å². The molecule has 1 aliphatic heterocycles. The number of carbonyl (C=O) groups excluding carboxylic acids is 1. The fourth-order valence-electron chi connectivity index (χ4n) is 2.07. The van der Waals surface area contributed by atoms with Crippen LogP contribution in [-0.4, -0.2) is 37.6 Å². The summed E-state index contributed by atoms with van der Waals surface area (Å²) in [5.74, 6) is 0.325. The lowest BCUT2D eigenvalue weighted by molar-refractivity contribution is 0.0377. The van der Waals surface area contributed by atoms with Gasteiger partial charge in [-0.05, 0) is 37.9 Å². The highest BCUT2D eigenvalue weighted by atomic mass is 32.1. The number of carbonyl (C=O) groups is 1. The van der Waals surface area contributed by atoms with Crippen molar-refractivity contribution in [3.05, 3.63) is 22.4 Å². The fourth-order valence-corrected chi connectivity index (χ4v) is 2.68. The highest BCUT2D eigenvalue weighted by Crippen LogP contribution is 2.17. The van der Waals surface area contributed by atoms with Gasteiger partial charge in [0.15, 0.2) is 0 Å². The maximum Gasteiger partial charge on any atom is 0.348 e. The Bertz CT molecular complexity index is 337. The molecule has 88 valence electrons. The number of rotatable bonds is 3. The number of piperidine rings is 1. The van der Waals surface area contributed by atoms with E-state index in [-0.39, 0.29) is 5.97 Å². The van der Waals surface area contributed by atoms with Gasteiger partial charge >= 0.3 is 5.97 Å². The zero-order chi connectivity index (χ0) is 11.4. The lowest BCUT2D eigenvalue weighted by atomic mass is 10.00. The van der Waals surface area contributed by atoms with Gasteiger partial charge in [-0.1, -0.05) is 6.07 Å². The topological polar surface area (TPSA) is 29.5 Å². The van der Waals surface area contributed by atoms with Crippen molar-refractivity contribution in [3.8, 4) is 0 Å². The smallest absolute Gasteiger partial charge is 0.348 e. The van der Waals surface area contributed by atoms with E-state index in [4.69, 9.17) is 4.74 Å². The second kappa shape index (κ2) is 5.46. The molecule has 1 aliphatic rings. The SMILES string of the molecule is CN1CCCC(COC(=O)c2cccs2)C1. The molecule has 1 saturated heterocycles. The molecule has 1 unspecified atom stereocenters. The van der Waals surface area contributed by atoms with Gasteiger partial charge in [0.05, 0.1) is 6.61 Å². The van der Waals surface area contributed by atoms with Crippen molar-refractivity contribution in [1.82, 2.24) is 4.90 Å². The van der Waals surface area contributed by atoms with Crippen LogP contribution >= 0.6 is 11.3 Å². The Morgan fingerprint density at radius 2 is 2.56 bits per heavy atom. The van der Waals surface area contributed by atoms with Crippen LogP contribution in [0.2, 0.25) is 0 Å². The molecule has 0 radical (unpaired) electrons. The average Bonchev–Trinajstić information content (AvgIpc) is 2.79. The molecule has 4 heteroatoms. The quantitative estimate of drug-likeness (QED) is 0.758. The molecular weight excluding hydrogens is 222 g/mol. The first-order chi connectivity index (χ1) is 7.75. The molecule has 2 heterocycles. The van der Waals surface area contributed by atoms with E-state index in [0.29, 0.717) is 17.4 Å². The van der Waals surface area contributed by atoms with E-state index >= 15 is 0 Å². The Hall–Kier alpha value is -0.870. The average molecular weight is 239 g/mol. The van der Waals surface area contributed by atoms with E-state index in [2.05, 4.69) is 11.9 Å². The number of nitrogens with zero attached hydrogens (tertiary/aromatic N) is 1. The third-order valence-corrected chi connectivity index (χ3v) is 3.74. The summed E-state index contributed by atoms with van der Waals surface area (Å²) in [7, 11) is 2.12. The van der Waals surface area contributed by atoms with Crippen LogP contribution in [-0.2, 0) is 4.74 Å². The molecule has 0 aliphatic carbocycles. The number of hydrogen-bond acceptors (Lipinski definition) is 4. The zero-order valence-corrected chi connectivity index (χ0v) is 10.3. The second-order valence-electron chi connectivity index (χ2n) is 4.35. The summed E-state index contributed by atoms with van der Waals surface area (Å²) in [4.78, 5) is 14.6. The van der Waals surface area contributed by atoms with Crippen LogP contribution in [0.3, 0.4) is 0 Å². The molecule has 1 atom stereocenters. The van der Waals surface area contributed by atoms with Crippen molar-refractivity contribution in [2.45, 2.75) is 12.8 Å². The highest BCUT2D eigenvalue weighted by molar-refractivity contribution is 7.11. The molecule has 1 aromatic heterocycles. The molecular formula is C12H17NO2S. The molecule has 0 amide bonds. The van der Waals surface area contributed by atoms with Crippen molar-refractivity contribution in [3.63, 3.8) is 0 Å². The first-order valence-electron chi connectivity index (χ1n) is 5.65. The summed E-state index contributed by atoms with van der Waals surface area (Å²) in [6.07, 6.45) is 2.37. The van der Waals surface area contributed by atoms with Crippen LogP contribution in [0.4, 0.5) is 0 Å². The van der Waals surface area contributed by atoms with Crippen LogP contribution in [0.25, 0.3) is 0 Å². The Balaban J connectivity index is 1.77. The van der Waals surface area contributed by atoms with Crippen LogP contribution in [0, 0.1) is 5.92 Å². The number of hydrogen-bond donors (Lipinski definition) is 0. The van der Waals surface area contributed by atoms with E-state index in [0.717, 1.165) is 13.1 Å². The predicted octanol–water partition coefficient (Wildman–Crippen LogP) is 2.25. The zero-order valence-electron chi connectivity index (χ0n) is 9.52. The maximum absolute atomic E-state index is 11.6. The first kappa shape index (κ1) is 11.6. The van der Waals surface area contributed by atoms with Gasteiger partial charge in [-0.3, -0.25) is 0 Å².